The van der Waals surface area contributed by atoms with Gasteiger partial charge >= 0.3 is 0 Å². The quantitative estimate of drug-likeness (QED) is 0.373. The fourth-order valence-corrected chi connectivity index (χ4v) is 4.08. The van der Waals surface area contributed by atoms with E-state index in [-0.39, 0.29) is 5.95 Å². The summed E-state index contributed by atoms with van der Waals surface area (Å²) in [5, 5.41) is 0. The van der Waals surface area contributed by atoms with E-state index in [4.69, 9.17) is 32.4 Å². The summed E-state index contributed by atoms with van der Waals surface area (Å²) in [6.45, 7) is 8.98. The molecule has 9 heteroatoms. The van der Waals surface area contributed by atoms with Gasteiger partial charge in [0.05, 0.1) is 30.3 Å². The molecule has 1 aliphatic carbocycles. The summed E-state index contributed by atoms with van der Waals surface area (Å²) in [7, 11) is 0. The Kier molecular flexibility index (Phi) is 8.34. The third-order valence-electron chi connectivity index (χ3n) is 5.98. The first-order chi connectivity index (χ1) is 16.7. The zero-order valence-electron chi connectivity index (χ0n) is 21.1. The highest BCUT2D eigenvalue weighted by molar-refractivity contribution is 5.83. The molecule has 2 aromatic heterocycles. The molecule has 1 atom stereocenters. The molecule has 9 nitrogen and oxygen atoms in total. The summed E-state index contributed by atoms with van der Waals surface area (Å²) in [6.07, 6.45) is 12.7. The number of aryl methyl sites for hydroxylation is 2. The van der Waals surface area contributed by atoms with Crippen molar-refractivity contribution in [3.05, 3.63) is 52.9 Å². The van der Waals surface area contributed by atoms with Crippen molar-refractivity contribution in [2.24, 2.45) is 0 Å². The molecule has 1 aliphatic rings. The largest absolute Gasteiger partial charge is 0.489 e. The average molecular weight is 480 g/mol. The standard InChI is InChI=1S/C26H37N7O2/c1-5-17-21(27)22(19(7-3)31-23(17)28)34-14-9-15-35-26(4)12-8-10-16(11-13-26)20-18(6-2)32-25(30)33-24(20)29/h8,10-13H,5-7,9,14-15H2,1-4H3,(H4,27,28,31)(H4,29,30,32,33). The molecule has 0 amide bonds. The van der Waals surface area contributed by atoms with Crippen molar-refractivity contribution < 1.29 is 9.47 Å². The van der Waals surface area contributed by atoms with Crippen molar-refractivity contribution in [1.29, 1.82) is 0 Å². The molecule has 0 saturated carbocycles. The van der Waals surface area contributed by atoms with Crippen LogP contribution in [0.25, 0.3) is 5.57 Å². The second-order valence-electron chi connectivity index (χ2n) is 8.56. The molecule has 0 aromatic carbocycles. The van der Waals surface area contributed by atoms with Gasteiger partial charge in [-0.3, -0.25) is 0 Å². The molecule has 1 unspecified atom stereocenters. The lowest BCUT2D eigenvalue weighted by molar-refractivity contribution is 0.0343. The molecule has 0 radical (unpaired) electrons. The van der Waals surface area contributed by atoms with Crippen molar-refractivity contribution in [1.82, 2.24) is 15.0 Å². The number of nitrogens with two attached hydrogens (primary N) is 4. The third-order valence-corrected chi connectivity index (χ3v) is 5.98. The number of nitrogens with zero attached hydrogens (tertiary/aromatic N) is 3. The number of rotatable bonds is 10. The van der Waals surface area contributed by atoms with E-state index in [1.807, 2.05) is 58.1 Å². The average Bonchev–Trinajstić information content (AvgIpc) is 3.01. The number of nitrogen functional groups attached to an aromatic ring is 4. The Morgan fingerprint density at radius 3 is 2.29 bits per heavy atom. The SMILES string of the molecule is CCc1nc(N)c(CC)c(N)c1OCCCOC1(C)C=CC=C(c2c(N)nc(N)nc2CC)C=C1. The van der Waals surface area contributed by atoms with Gasteiger partial charge < -0.3 is 32.4 Å². The number of ether oxygens (including phenoxy) is 2. The number of pyridine rings is 1. The molecule has 0 spiro atoms. The van der Waals surface area contributed by atoms with Gasteiger partial charge in [0, 0.05) is 17.5 Å². The Bertz CT molecular complexity index is 1160. The monoisotopic (exact) mass is 479 g/mol. The van der Waals surface area contributed by atoms with Crippen molar-refractivity contribution in [2.75, 3.05) is 36.1 Å². The van der Waals surface area contributed by atoms with E-state index in [0.29, 0.717) is 62.0 Å². The first-order valence-corrected chi connectivity index (χ1v) is 12.1. The minimum absolute atomic E-state index is 0.181. The molecule has 0 bridgehead atoms. The molecule has 0 aliphatic heterocycles. The van der Waals surface area contributed by atoms with Gasteiger partial charge in [0.25, 0.3) is 0 Å². The van der Waals surface area contributed by atoms with E-state index in [1.54, 1.807) is 0 Å². The molecule has 3 rings (SSSR count). The normalized spacial score (nSPS) is 17.3. The summed E-state index contributed by atoms with van der Waals surface area (Å²) < 4.78 is 12.2. The molecular weight excluding hydrogens is 442 g/mol. The van der Waals surface area contributed by atoms with Crippen LogP contribution in [0.15, 0.2) is 30.4 Å². The molecule has 2 aromatic rings. The number of hydrogen-bond acceptors (Lipinski definition) is 9. The van der Waals surface area contributed by atoms with Crippen LogP contribution in [-0.4, -0.2) is 33.8 Å². The molecule has 2 heterocycles. The van der Waals surface area contributed by atoms with Gasteiger partial charge in [0.2, 0.25) is 5.95 Å². The van der Waals surface area contributed by atoms with E-state index >= 15 is 0 Å². The van der Waals surface area contributed by atoms with Crippen LogP contribution in [0.4, 0.5) is 23.3 Å². The minimum atomic E-state index is -0.584. The summed E-state index contributed by atoms with van der Waals surface area (Å²) in [5.41, 5.74) is 28.4. The van der Waals surface area contributed by atoms with E-state index in [2.05, 4.69) is 15.0 Å². The zero-order chi connectivity index (χ0) is 25.6. The summed E-state index contributed by atoms with van der Waals surface area (Å²) >= 11 is 0. The lowest BCUT2D eigenvalue weighted by atomic mass is 10.0. The van der Waals surface area contributed by atoms with Gasteiger partial charge in [-0.25, -0.2) is 9.97 Å². The molecule has 8 N–H and O–H groups in total. The number of allylic oxidation sites excluding steroid dienone is 4. The predicted octanol–water partition coefficient (Wildman–Crippen LogP) is 3.64. The molecule has 35 heavy (non-hydrogen) atoms. The molecule has 0 saturated heterocycles. The highest BCUT2D eigenvalue weighted by atomic mass is 16.5. The van der Waals surface area contributed by atoms with Crippen molar-refractivity contribution >= 4 is 28.8 Å². The molecule has 0 fully saturated rings. The topological polar surface area (TPSA) is 161 Å². The predicted molar refractivity (Wildman–Crippen MR) is 143 cm³/mol. The maximum atomic E-state index is 6.32. The first-order valence-electron chi connectivity index (χ1n) is 12.1. The van der Waals surface area contributed by atoms with Crippen LogP contribution in [0.1, 0.15) is 56.6 Å². The number of hydrogen-bond donors (Lipinski definition) is 4. The lowest BCUT2D eigenvalue weighted by Crippen LogP contribution is -2.24. The number of anilines is 4. The van der Waals surface area contributed by atoms with E-state index < -0.39 is 5.60 Å². The Morgan fingerprint density at radius 2 is 1.60 bits per heavy atom. The van der Waals surface area contributed by atoms with Gasteiger partial charge in [0.15, 0.2) is 5.75 Å². The highest BCUT2D eigenvalue weighted by Crippen LogP contribution is 2.33. The van der Waals surface area contributed by atoms with E-state index in [1.165, 1.54) is 0 Å². The smallest absolute Gasteiger partial charge is 0.222 e. The number of aromatic nitrogens is 3. The fourth-order valence-electron chi connectivity index (χ4n) is 4.08. The van der Waals surface area contributed by atoms with Crippen molar-refractivity contribution in [2.45, 2.75) is 59.0 Å². The maximum absolute atomic E-state index is 6.32. The highest BCUT2D eigenvalue weighted by Gasteiger charge is 2.21. The zero-order valence-corrected chi connectivity index (χ0v) is 21.1. The van der Waals surface area contributed by atoms with Crippen LogP contribution in [0.2, 0.25) is 0 Å². The fraction of sp³-hybridized carbons (Fsp3) is 0.423. The van der Waals surface area contributed by atoms with Crippen LogP contribution in [0.3, 0.4) is 0 Å². The second kappa shape index (κ2) is 11.2. The summed E-state index contributed by atoms with van der Waals surface area (Å²) in [5.74, 6) is 1.65. The van der Waals surface area contributed by atoms with Gasteiger partial charge in [-0.1, -0.05) is 39.0 Å². The van der Waals surface area contributed by atoms with Crippen LogP contribution >= 0.6 is 0 Å². The Labute approximate surface area is 207 Å². The Balaban J connectivity index is 1.62. The third kappa shape index (κ3) is 5.92. The second-order valence-corrected chi connectivity index (χ2v) is 8.56. The van der Waals surface area contributed by atoms with Crippen molar-refractivity contribution in [3.8, 4) is 5.75 Å². The Hall–Kier alpha value is -3.59. The Morgan fingerprint density at radius 1 is 0.857 bits per heavy atom. The van der Waals surface area contributed by atoms with Crippen LogP contribution in [0, 0.1) is 0 Å². The summed E-state index contributed by atoms with van der Waals surface area (Å²) in [6, 6.07) is 0. The molecule has 188 valence electrons. The molecular formula is C26H37N7O2. The van der Waals surface area contributed by atoms with E-state index in [9.17, 15) is 0 Å². The van der Waals surface area contributed by atoms with Gasteiger partial charge in [-0.15, -0.1) is 0 Å². The van der Waals surface area contributed by atoms with Gasteiger partial charge in [0.1, 0.15) is 17.2 Å². The summed E-state index contributed by atoms with van der Waals surface area (Å²) in [4.78, 5) is 12.9. The maximum Gasteiger partial charge on any atom is 0.222 e. The lowest BCUT2D eigenvalue weighted by Gasteiger charge is -2.23. The van der Waals surface area contributed by atoms with Crippen LogP contribution in [-0.2, 0) is 24.0 Å². The van der Waals surface area contributed by atoms with Crippen LogP contribution < -0.4 is 27.7 Å². The van der Waals surface area contributed by atoms with E-state index in [0.717, 1.165) is 28.1 Å². The van der Waals surface area contributed by atoms with Gasteiger partial charge in [-0.2, -0.15) is 4.98 Å². The first kappa shape index (κ1) is 26.0. The van der Waals surface area contributed by atoms with Crippen LogP contribution in [0.5, 0.6) is 5.75 Å². The van der Waals surface area contributed by atoms with Gasteiger partial charge in [-0.05, 0) is 43.9 Å². The van der Waals surface area contributed by atoms with Crippen molar-refractivity contribution in [3.63, 3.8) is 0 Å². The minimum Gasteiger partial charge on any atom is -0.489 e.